The standard InChI is InChI=1S/C15H18N4O/c1-2-19-13(10-14(16)17-19)15(20)18-9-5-7-11-6-3-4-8-12(11)18/h3-4,6,8,10H,2,5,7,9H2,1H3,(H2,16,17). The number of carbonyl (C=O) groups excluding carboxylic acids is 1. The van der Waals surface area contributed by atoms with E-state index >= 15 is 0 Å². The molecule has 1 aliphatic heterocycles. The van der Waals surface area contributed by atoms with Crippen LogP contribution in [0, 0.1) is 0 Å². The van der Waals surface area contributed by atoms with Crippen LogP contribution in [0.1, 0.15) is 29.4 Å². The van der Waals surface area contributed by atoms with Gasteiger partial charge in [-0.05, 0) is 31.4 Å². The summed E-state index contributed by atoms with van der Waals surface area (Å²) < 4.78 is 1.66. The van der Waals surface area contributed by atoms with Crippen molar-refractivity contribution in [1.82, 2.24) is 9.78 Å². The van der Waals surface area contributed by atoms with Crippen molar-refractivity contribution in [2.24, 2.45) is 0 Å². The lowest BCUT2D eigenvalue weighted by Gasteiger charge is -2.29. The number of benzene rings is 1. The van der Waals surface area contributed by atoms with Crippen molar-refractivity contribution in [1.29, 1.82) is 0 Å². The van der Waals surface area contributed by atoms with Gasteiger partial charge in [0.05, 0.1) is 0 Å². The first-order valence-corrected chi connectivity index (χ1v) is 6.94. The molecule has 0 unspecified atom stereocenters. The fourth-order valence-corrected chi connectivity index (χ4v) is 2.73. The van der Waals surface area contributed by atoms with E-state index in [1.54, 1.807) is 10.7 Å². The minimum Gasteiger partial charge on any atom is -0.382 e. The number of anilines is 2. The molecule has 3 rings (SSSR count). The molecular formula is C15H18N4O. The van der Waals surface area contributed by atoms with Crippen LogP contribution in [0.2, 0.25) is 0 Å². The Morgan fingerprint density at radius 2 is 2.20 bits per heavy atom. The van der Waals surface area contributed by atoms with Crippen molar-refractivity contribution in [3.63, 3.8) is 0 Å². The van der Waals surface area contributed by atoms with Gasteiger partial charge in [-0.3, -0.25) is 9.48 Å². The highest BCUT2D eigenvalue weighted by molar-refractivity contribution is 6.06. The van der Waals surface area contributed by atoms with Crippen LogP contribution in [-0.4, -0.2) is 22.2 Å². The van der Waals surface area contributed by atoms with E-state index in [2.05, 4.69) is 11.2 Å². The molecule has 1 aliphatic rings. The Hall–Kier alpha value is -2.30. The number of hydrogen-bond acceptors (Lipinski definition) is 3. The van der Waals surface area contributed by atoms with Crippen LogP contribution in [0.3, 0.4) is 0 Å². The van der Waals surface area contributed by atoms with E-state index in [0.717, 1.165) is 25.1 Å². The summed E-state index contributed by atoms with van der Waals surface area (Å²) >= 11 is 0. The molecule has 5 nitrogen and oxygen atoms in total. The minimum absolute atomic E-state index is 0.0248. The molecule has 0 atom stereocenters. The molecule has 1 aromatic heterocycles. The average molecular weight is 270 g/mol. The van der Waals surface area contributed by atoms with Crippen LogP contribution in [0.25, 0.3) is 0 Å². The Morgan fingerprint density at radius 1 is 1.40 bits per heavy atom. The van der Waals surface area contributed by atoms with E-state index in [1.165, 1.54) is 5.56 Å². The summed E-state index contributed by atoms with van der Waals surface area (Å²) in [6.07, 6.45) is 2.01. The smallest absolute Gasteiger partial charge is 0.276 e. The number of aromatic nitrogens is 2. The SMILES string of the molecule is CCn1nc(N)cc1C(=O)N1CCCc2ccccc21. The second kappa shape index (κ2) is 5.00. The van der Waals surface area contributed by atoms with Gasteiger partial charge in [0.15, 0.2) is 0 Å². The summed E-state index contributed by atoms with van der Waals surface area (Å²) in [6, 6.07) is 9.72. The molecular weight excluding hydrogens is 252 g/mol. The molecule has 1 amide bonds. The topological polar surface area (TPSA) is 64.2 Å². The Balaban J connectivity index is 1.99. The number of hydrogen-bond donors (Lipinski definition) is 1. The van der Waals surface area contributed by atoms with Crippen LogP contribution in [0.15, 0.2) is 30.3 Å². The monoisotopic (exact) mass is 270 g/mol. The van der Waals surface area contributed by atoms with Gasteiger partial charge >= 0.3 is 0 Å². The molecule has 0 radical (unpaired) electrons. The van der Waals surface area contributed by atoms with E-state index in [4.69, 9.17) is 5.73 Å². The van der Waals surface area contributed by atoms with Gasteiger partial charge in [-0.1, -0.05) is 18.2 Å². The minimum atomic E-state index is -0.0248. The summed E-state index contributed by atoms with van der Waals surface area (Å²) in [5.74, 6) is 0.365. The second-order valence-corrected chi connectivity index (χ2v) is 4.96. The van der Waals surface area contributed by atoms with Crippen LogP contribution in [0.5, 0.6) is 0 Å². The Morgan fingerprint density at radius 3 is 3.00 bits per heavy atom. The number of para-hydroxylation sites is 1. The molecule has 0 fully saturated rings. The van der Waals surface area contributed by atoms with Gasteiger partial charge in [0.25, 0.3) is 5.91 Å². The molecule has 104 valence electrons. The zero-order valence-corrected chi connectivity index (χ0v) is 11.5. The highest BCUT2D eigenvalue weighted by Crippen LogP contribution is 2.28. The van der Waals surface area contributed by atoms with Crippen LogP contribution in [-0.2, 0) is 13.0 Å². The molecule has 5 heteroatoms. The number of amides is 1. The Labute approximate surface area is 118 Å². The van der Waals surface area contributed by atoms with Crippen molar-refractivity contribution >= 4 is 17.4 Å². The molecule has 0 aliphatic carbocycles. The molecule has 20 heavy (non-hydrogen) atoms. The molecule has 1 aromatic carbocycles. The van der Waals surface area contributed by atoms with E-state index in [-0.39, 0.29) is 5.91 Å². The van der Waals surface area contributed by atoms with Crippen molar-refractivity contribution in [2.45, 2.75) is 26.3 Å². The van der Waals surface area contributed by atoms with Gasteiger partial charge in [0.1, 0.15) is 11.5 Å². The van der Waals surface area contributed by atoms with Gasteiger partial charge in [-0.15, -0.1) is 0 Å². The lowest BCUT2D eigenvalue weighted by molar-refractivity contribution is 0.0975. The number of nitrogen functional groups attached to an aromatic ring is 1. The molecule has 0 spiro atoms. The zero-order chi connectivity index (χ0) is 14.1. The van der Waals surface area contributed by atoms with Gasteiger partial charge < -0.3 is 10.6 Å². The third kappa shape index (κ3) is 2.05. The van der Waals surface area contributed by atoms with Gasteiger partial charge in [0.2, 0.25) is 0 Å². The predicted octanol–water partition coefficient (Wildman–Crippen LogP) is 2.08. The predicted molar refractivity (Wildman–Crippen MR) is 78.8 cm³/mol. The lowest BCUT2D eigenvalue weighted by Crippen LogP contribution is -2.36. The van der Waals surface area contributed by atoms with Crippen LogP contribution < -0.4 is 10.6 Å². The first-order chi connectivity index (χ1) is 9.70. The van der Waals surface area contributed by atoms with E-state index in [9.17, 15) is 4.79 Å². The fourth-order valence-electron chi connectivity index (χ4n) is 2.73. The molecule has 0 saturated heterocycles. The third-order valence-corrected chi connectivity index (χ3v) is 3.67. The second-order valence-electron chi connectivity index (χ2n) is 4.96. The maximum atomic E-state index is 12.8. The Bertz CT molecular complexity index is 647. The summed E-state index contributed by atoms with van der Waals surface area (Å²) in [5.41, 5.74) is 8.50. The largest absolute Gasteiger partial charge is 0.382 e. The summed E-state index contributed by atoms with van der Waals surface area (Å²) in [4.78, 5) is 14.6. The average Bonchev–Trinajstić information content (AvgIpc) is 2.87. The van der Waals surface area contributed by atoms with Crippen molar-refractivity contribution in [3.05, 3.63) is 41.6 Å². The molecule has 2 N–H and O–H groups in total. The first-order valence-electron chi connectivity index (χ1n) is 6.94. The number of nitrogens with two attached hydrogens (primary N) is 1. The van der Waals surface area contributed by atoms with Crippen LogP contribution >= 0.6 is 0 Å². The van der Waals surface area contributed by atoms with Gasteiger partial charge in [-0.25, -0.2) is 0 Å². The molecule has 2 heterocycles. The first kappa shape index (κ1) is 12.7. The summed E-state index contributed by atoms with van der Waals surface area (Å²) in [7, 11) is 0. The summed E-state index contributed by atoms with van der Waals surface area (Å²) in [6.45, 7) is 3.33. The maximum absolute atomic E-state index is 12.8. The van der Waals surface area contributed by atoms with Crippen LogP contribution in [0.4, 0.5) is 11.5 Å². The van der Waals surface area contributed by atoms with E-state index in [0.29, 0.717) is 18.1 Å². The van der Waals surface area contributed by atoms with E-state index < -0.39 is 0 Å². The molecule has 0 bridgehead atoms. The van der Waals surface area contributed by atoms with Crippen molar-refractivity contribution in [3.8, 4) is 0 Å². The maximum Gasteiger partial charge on any atom is 0.276 e. The number of fused-ring (bicyclic) bond motifs is 1. The number of carbonyl (C=O) groups is 1. The molecule has 0 saturated carbocycles. The number of aryl methyl sites for hydroxylation is 2. The normalized spacial score (nSPS) is 14.2. The van der Waals surface area contributed by atoms with E-state index in [1.807, 2.05) is 30.0 Å². The molecule has 2 aromatic rings. The van der Waals surface area contributed by atoms with Crippen molar-refractivity contribution in [2.75, 3.05) is 17.2 Å². The summed E-state index contributed by atoms with van der Waals surface area (Å²) in [5, 5.41) is 4.15. The lowest BCUT2D eigenvalue weighted by atomic mass is 10.0. The number of rotatable bonds is 2. The fraction of sp³-hybridized carbons (Fsp3) is 0.333. The third-order valence-electron chi connectivity index (χ3n) is 3.67. The highest BCUT2D eigenvalue weighted by Gasteiger charge is 2.25. The zero-order valence-electron chi connectivity index (χ0n) is 11.5. The van der Waals surface area contributed by atoms with Gasteiger partial charge in [-0.2, -0.15) is 5.10 Å². The quantitative estimate of drug-likeness (QED) is 0.908. The Kier molecular flexibility index (Phi) is 3.18. The van der Waals surface area contributed by atoms with Gasteiger partial charge in [0, 0.05) is 24.8 Å². The number of nitrogens with zero attached hydrogens (tertiary/aromatic N) is 3. The highest BCUT2D eigenvalue weighted by atomic mass is 16.2. The van der Waals surface area contributed by atoms with Crippen molar-refractivity contribution < 1.29 is 4.79 Å².